The van der Waals surface area contributed by atoms with Gasteiger partial charge in [-0.15, -0.1) is 0 Å². The van der Waals surface area contributed by atoms with Crippen molar-refractivity contribution in [3.05, 3.63) is 29.8 Å². The quantitative estimate of drug-likeness (QED) is 0.851. The molecule has 0 unspecified atom stereocenters. The maximum Gasteiger partial charge on any atom is 0.222 e. The number of aryl methyl sites for hydroxylation is 1. The third kappa shape index (κ3) is 3.67. The molecule has 2 N–H and O–H groups in total. The Balaban J connectivity index is 1.86. The van der Waals surface area contributed by atoms with Crippen LogP contribution in [0.2, 0.25) is 0 Å². The molecule has 1 heterocycles. The van der Waals surface area contributed by atoms with Crippen LogP contribution >= 0.6 is 11.8 Å². The van der Waals surface area contributed by atoms with Crippen LogP contribution in [0.4, 0.5) is 5.69 Å². The van der Waals surface area contributed by atoms with Crippen LogP contribution in [0.3, 0.4) is 0 Å². The standard InChI is InChI=1S/C14H20N2OS/c15-13-5-2-1-4-12(13)6-7-14(17)16-8-3-10-18-11-9-16/h1-2,4-5H,3,6-11,15H2. The second kappa shape index (κ2) is 6.69. The minimum Gasteiger partial charge on any atom is -0.399 e. The van der Waals surface area contributed by atoms with E-state index in [2.05, 4.69) is 0 Å². The molecule has 4 heteroatoms. The molecule has 1 saturated heterocycles. The maximum atomic E-state index is 12.1. The van der Waals surface area contributed by atoms with Gasteiger partial charge in [-0.2, -0.15) is 11.8 Å². The second-order valence-corrected chi connectivity index (χ2v) is 5.77. The first kappa shape index (κ1) is 13.3. The highest BCUT2D eigenvalue weighted by atomic mass is 32.2. The highest BCUT2D eigenvalue weighted by Gasteiger charge is 2.15. The Morgan fingerprint density at radius 1 is 1.28 bits per heavy atom. The Bertz CT molecular complexity index is 401. The number of nitrogen functional groups attached to an aromatic ring is 1. The smallest absolute Gasteiger partial charge is 0.222 e. The molecule has 18 heavy (non-hydrogen) atoms. The molecule has 3 nitrogen and oxygen atoms in total. The topological polar surface area (TPSA) is 46.3 Å². The molecule has 1 aliphatic heterocycles. The molecule has 1 aromatic carbocycles. The number of para-hydroxylation sites is 1. The van der Waals surface area contributed by atoms with Gasteiger partial charge in [-0.3, -0.25) is 4.79 Å². The summed E-state index contributed by atoms with van der Waals surface area (Å²) >= 11 is 1.94. The summed E-state index contributed by atoms with van der Waals surface area (Å²) in [6.07, 6.45) is 2.43. The monoisotopic (exact) mass is 264 g/mol. The Morgan fingerprint density at radius 3 is 2.94 bits per heavy atom. The van der Waals surface area contributed by atoms with Gasteiger partial charge in [-0.25, -0.2) is 0 Å². The average molecular weight is 264 g/mol. The lowest BCUT2D eigenvalue weighted by Gasteiger charge is -2.20. The Kier molecular flexibility index (Phi) is 4.93. The Labute approximate surface area is 113 Å². The summed E-state index contributed by atoms with van der Waals surface area (Å²) in [6, 6.07) is 7.79. The van der Waals surface area contributed by atoms with E-state index in [4.69, 9.17) is 5.73 Å². The zero-order valence-corrected chi connectivity index (χ0v) is 11.4. The summed E-state index contributed by atoms with van der Waals surface area (Å²) in [5.41, 5.74) is 7.75. The van der Waals surface area contributed by atoms with E-state index in [9.17, 15) is 4.79 Å². The van der Waals surface area contributed by atoms with Crippen molar-refractivity contribution in [2.24, 2.45) is 0 Å². The molecule has 0 aromatic heterocycles. The van der Waals surface area contributed by atoms with Gasteiger partial charge in [0.25, 0.3) is 0 Å². The zero-order chi connectivity index (χ0) is 12.8. The van der Waals surface area contributed by atoms with E-state index in [1.165, 1.54) is 5.75 Å². The molecule has 0 radical (unpaired) electrons. The number of nitrogens with zero attached hydrogens (tertiary/aromatic N) is 1. The van der Waals surface area contributed by atoms with Crippen LogP contribution in [-0.2, 0) is 11.2 Å². The molecular formula is C14H20N2OS. The summed E-state index contributed by atoms with van der Waals surface area (Å²) in [6.45, 7) is 1.81. The fourth-order valence-electron chi connectivity index (χ4n) is 2.16. The Morgan fingerprint density at radius 2 is 2.11 bits per heavy atom. The molecule has 0 bridgehead atoms. The van der Waals surface area contributed by atoms with E-state index in [1.807, 2.05) is 40.9 Å². The van der Waals surface area contributed by atoms with Crippen molar-refractivity contribution in [1.82, 2.24) is 4.90 Å². The molecule has 1 amide bonds. The van der Waals surface area contributed by atoms with Gasteiger partial charge in [-0.05, 0) is 30.2 Å². The lowest BCUT2D eigenvalue weighted by molar-refractivity contribution is -0.130. The number of hydrogen-bond donors (Lipinski definition) is 1. The van der Waals surface area contributed by atoms with E-state index in [-0.39, 0.29) is 5.91 Å². The van der Waals surface area contributed by atoms with Crippen molar-refractivity contribution in [3.63, 3.8) is 0 Å². The molecule has 0 aliphatic carbocycles. The van der Waals surface area contributed by atoms with Crippen molar-refractivity contribution in [1.29, 1.82) is 0 Å². The summed E-state index contributed by atoms with van der Waals surface area (Å²) in [5, 5.41) is 0. The number of hydrogen-bond acceptors (Lipinski definition) is 3. The first-order valence-corrected chi connectivity index (χ1v) is 7.62. The van der Waals surface area contributed by atoms with Crippen molar-refractivity contribution in [2.45, 2.75) is 19.3 Å². The predicted octanol–water partition coefficient (Wildman–Crippen LogP) is 2.17. The molecule has 2 rings (SSSR count). The number of amides is 1. The highest BCUT2D eigenvalue weighted by Crippen LogP contribution is 2.15. The van der Waals surface area contributed by atoms with E-state index in [0.29, 0.717) is 6.42 Å². The third-order valence-corrected chi connectivity index (χ3v) is 4.29. The van der Waals surface area contributed by atoms with Gasteiger partial charge in [0.05, 0.1) is 0 Å². The lowest BCUT2D eigenvalue weighted by atomic mass is 10.1. The number of carbonyl (C=O) groups is 1. The van der Waals surface area contributed by atoms with Crippen molar-refractivity contribution >= 4 is 23.4 Å². The summed E-state index contributed by atoms with van der Waals surface area (Å²) in [4.78, 5) is 14.1. The van der Waals surface area contributed by atoms with E-state index >= 15 is 0 Å². The average Bonchev–Trinajstić information content (AvgIpc) is 2.66. The first-order valence-electron chi connectivity index (χ1n) is 6.46. The fourth-order valence-corrected chi connectivity index (χ4v) is 3.04. The zero-order valence-electron chi connectivity index (χ0n) is 10.6. The normalized spacial score (nSPS) is 16.3. The van der Waals surface area contributed by atoms with Crippen LogP contribution < -0.4 is 5.73 Å². The van der Waals surface area contributed by atoms with Gasteiger partial charge in [0, 0.05) is 31.0 Å². The molecule has 1 fully saturated rings. The number of carbonyl (C=O) groups excluding carboxylic acids is 1. The molecular weight excluding hydrogens is 244 g/mol. The molecule has 1 aliphatic rings. The van der Waals surface area contributed by atoms with Crippen LogP contribution in [0.1, 0.15) is 18.4 Å². The summed E-state index contributed by atoms with van der Waals surface area (Å²) in [5.74, 6) is 2.51. The van der Waals surface area contributed by atoms with Gasteiger partial charge in [0.15, 0.2) is 0 Å². The lowest BCUT2D eigenvalue weighted by Crippen LogP contribution is -2.33. The minimum absolute atomic E-state index is 0.265. The number of rotatable bonds is 3. The van der Waals surface area contributed by atoms with Crippen LogP contribution in [0, 0.1) is 0 Å². The van der Waals surface area contributed by atoms with E-state index in [0.717, 1.165) is 42.9 Å². The highest BCUT2D eigenvalue weighted by molar-refractivity contribution is 7.99. The number of thioether (sulfide) groups is 1. The van der Waals surface area contributed by atoms with Gasteiger partial charge >= 0.3 is 0 Å². The van der Waals surface area contributed by atoms with Gasteiger partial charge in [-0.1, -0.05) is 18.2 Å². The van der Waals surface area contributed by atoms with E-state index in [1.54, 1.807) is 0 Å². The van der Waals surface area contributed by atoms with Crippen LogP contribution in [-0.4, -0.2) is 35.4 Å². The van der Waals surface area contributed by atoms with Crippen molar-refractivity contribution < 1.29 is 4.79 Å². The van der Waals surface area contributed by atoms with Crippen LogP contribution in [0.15, 0.2) is 24.3 Å². The molecule has 98 valence electrons. The van der Waals surface area contributed by atoms with E-state index < -0.39 is 0 Å². The van der Waals surface area contributed by atoms with Crippen LogP contribution in [0.5, 0.6) is 0 Å². The fraction of sp³-hybridized carbons (Fsp3) is 0.500. The van der Waals surface area contributed by atoms with Gasteiger partial charge < -0.3 is 10.6 Å². The number of anilines is 1. The minimum atomic E-state index is 0.265. The van der Waals surface area contributed by atoms with Crippen LogP contribution in [0.25, 0.3) is 0 Å². The SMILES string of the molecule is Nc1ccccc1CCC(=O)N1CCCSCC1. The molecule has 0 saturated carbocycles. The number of nitrogens with two attached hydrogens (primary N) is 1. The molecule has 1 aromatic rings. The third-order valence-electron chi connectivity index (χ3n) is 3.24. The second-order valence-electron chi connectivity index (χ2n) is 4.55. The first-order chi connectivity index (χ1) is 8.77. The summed E-state index contributed by atoms with van der Waals surface area (Å²) in [7, 11) is 0. The maximum absolute atomic E-state index is 12.1. The predicted molar refractivity (Wildman–Crippen MR) is 77.7 cm³/mol. The van der Waals surface area contributed by atoms with Crippen molar-refractivity contribution in [2.75, 3.05) is 30.3 Å². The summed E-state index contributed by atoms with van der Waals surface area (Å²) < 4.78 is 0. The molecule has 0 spiro atoms. The molecule has 0 atom stereocenters. The van der Waals surface area contributed by atoms with Gasteiger partial charge in [0.1, 0.15) is 0 Å². The van der Waals surface area contributed by atoms with Gasteiger partial charge in [0.2, 0.25) is 5.91 Å². The Hall–Kier alpha value is -1.16. The largest absolute Gasteiger partial charge is 0.399 e. The van der Waals surface area contributed by atoms with Crippen molar-refractivity contribution in [3.8, 4) is 0 Å². The number of benzene rings is 1.